The van der Waals surface area contributed by atoms with Crippen molar-refractivity contribution in [2.75, 3.05) is 12.4 Å². The van der Waals surface area contributed by atoms with Crippen LogP contribution in [0.3, 0.4) is 0 Å². The highest BCUT2D eigenvalue weighted by Crippen LogP contribution is 2.37. The predicted molar refractivity (Wildman–Crippen MR) is 79.2 cm³/mol. The van der Waals surface area contributed by atoms with Gasteiger partial charge in [-0.25, -0.2) is 0 Å². The van der Waals surface area contributed by atoms with E-state index in [9.17, 15) is 9.90 Å². The van der Waals surface area contributed by atoms with Crippen LogP contribution in [0.5, 0.6) is 0 Å². The summed E-state index contributed by atoms with van der Waals surface area (Å²) in [6.07, 6.45) is 3.10. The van der Waals surface area contributed by atoms with Crippen LogP contribution >= 0.6 is 11.6 Å². The molecule has 2 atom stereocenters. The summed E-state index contributed by atoms with van der Waals surface area (Å²) in [5.41, 5.74) is 1.42. The van der Waals surface area contributed by atoms with E-state index < -0.39 is 0 Å². The lowest BCUT2D eigenvalue weighted by molar-refractivity contribution is 0.0287. The van der Waals surface area contributed by atoms with Gasteiger partial charge < -0.3 is 15.3 Å². The molecule has 2 heterocycles. The van der Waals surface area contributed by atoms with Crippen LogP contribution in [-0.4, -0.2) is 41.1 Å². The molecule has 0 aliphatic carbocycles. The Hall–Kier alpha value is -1.26. The number of benzene rings is 1. The second-order valence-electron chi connectivity index (χ2n) is 5.66. The lowest BCUT2D eigenvalue weighted by Crippen LogP contribution is -2.48. The third kappa shape index (κ3) is 2.27. The molecule has 2 unspecified atom stereocenters. The Morgan fingerprint density at radius 2 is 2.00 bits per heavy atom. The Morgan fingerprint density at radius 1 is 1.35 bits per heavy atom. The van der Waals surface area contributed by atoms with Gasteiger partial charge in [-0.05, 0) is 43.9 Å². The van der Waals surface area contributed by atoms with Gasteiger partial charge in [0.1, 0.15) is 0 Å². The van der Waals surface area contributed by atoms with Crippen molar-refractivity contribution >= 4 is 23.2 Å². The van der Waals surface area contributed by atoms with Gasteiger partial charge in [-0.3, -0.25) is 4.79 Å². The van der Waals surface area contributed by atoms with E-state index in [2.05, 4.69) is 5.32 Å². The summed E-state index contributed by atoms with van der Waals surface area (Å²) in [6.45, 7) is 0. The van der Waals surface area contributed by atoms with Gasteiger partial charge in [0.05, 0.1) is 11.7 Å². The van der Waals surface area contributed by atoms with E-state index in [-0.39, 0.29) is 24.1 Å². The minimum absolute atomic E-state index is 0.0243. The standard InChI is InChI=1S/C15H19ClN2O2/c1-17-14-5-2-9(16)6-13(14)15(20)18-10-3-4-11(18)8-12(19)7-10/h2,5-6,10-12,17,19H,3-4,7-8H2,1H3. The molecule has 2 fully saturated rings. The number of fused-ring (bicyclic) bond motifs is 2. The summed E-state index contributed by atoms with van der Waals surface area (Å²) in [6, 6.07) is 5.66. The third-order valence-electron chi connectivity index (χ3n) is 4.42. The maximum atomic E-state index is 12.8. The van der Waals surface area contributed by atoms with Crippen molar-refractivity contribution in [1.29, 1.82) is 0 Å². The van der Waals surface area contributed by atoms with E-state index in [4.69, 9.17) is 11.6 Å². The largest absolute Gasteiger partial charge is 0.393 e. The molecular formula is C15H19ClN2O2. The minimum Gasteiger partial charge on any atom is -0.393 e. The number of halogens is 1. The highest BCUT2D eigenvalue weighted by Gasteiger charge is 2.43. The zero-order chi connectivity index (χ0) is 14.3. The number of carbonyl (C=O) groups is 1. The first-order valence-electron chi connectivity index (χ1n) is 7.08. The fourth-order valence-electron chi connectivity index (χ4n) is 3.53. The van der Waals surface area contributed by atoms with E-state index in [0.717, 1.165) is 18.5 Å². The second-order valence-corrected chi connectivity index (χ2v) is 6.10. The van der Waals surface area contributed by atoms with Crippen molar-refractivity contribution in [3.63, 3.8) is 0 Å². The van der Waals surface area contributed by atoms with E-state index in [0.29, 0.717) is 23.4 Å². The molecule has 2 saturated heterocycles. The summed E-state index contributed by atoms with van der Waals surface area (Å²) in [5, 5.41) is 13.4. The van der Waals surface area contributed by atoms with Crippen LogP contribution in [0.15, 0.2) is 18.2 Å². The molecule has 4 nitrogen and oxygen atoms in total. The summed E-state index contributed by atoms with van der Waals surface area (Å²) >= 11 is 6.03. The van der Waals surface area contributed by atoms with E-state index in [1.54, 1.807) is 19.2 Å². The summed E-state index contributed by atoms with van der Waals surface area (Å²) in [7, 11) is 1.80. The van der Waals surface area contributed by atoms with E-state index in [1.807, 2.05) is 11.0 Å². The number of carbonyl (C=O) groups excluding carboxylic acids is 1. The van der Waals surface area contributed by atoms with Gasteiger partial charge in [0.25, 0.3) is 5.91 Å². The fraction of sp³-hybridized carbons (Fsp3) is 0.533. The molecule has 5 heteroatoms. The van der Waals surface area contributed by atoms with Crippen molar-refractivity contribution in [2.24, 2.45) is 0 Å². The zero-order valence-electron chi connectivity index (χ0n) is 11.5. The van der Waals surface area contributed by atoms with Crippen molar-refractivity contribution in [3.8, 4) is 0 Å². The van der Waals surface area contributed by atoms with Crippen LogP contribution in [-0.2, 0) is 0 Å². The molecule has 2 N–H and O–H groups in total. The highest BCUT2D eigenvalue weighted by molar-refractivity contribution is 6.31. The van der Waals surface area contributed by atoms with Crippen LogP contribution in [0, 0.1) is 0 Å². The zero-order valence-corrected chi connectivity index (χ0v) is 12.2. The average Bonchev–Trinajstić information content (AvgIpc) is 2.70. The molecule has 0 radical (unpaired) electrons. The minimum atomic E-state index is -0.264. The first kappa shape index (κ1) is 13.7. The van der Waals surface area contributed by atoms with Gasteiger partial charge in [0.2, 0.25) is 0 Å². The molecule has 3 rings (SSSR count). The highest BCUT2D eigenvalue weighted by atomic mass is 35.5. The van der Waals surface area contributed by atoms with E-state index in [1.165, 1.54) is 0 Å². The Labute approximate surface area is 123 Å². The molecule has 0 spiro atoms. The summed E-state index contributed by atoms with van der Waals surface area (Å²) in [4.78, 5) is 14.8. The number of anilines is 1. The predicted octanol–water partition coefficient (Wildman–Crippen LogP) is 2.51. The number of amides is 1. The Bertz CT molecular complexity index is 521. The van der Waals surface area contributed by atoms with Crippen LogP contribution in [0.2, 0.25) is 5.02 Å². The topological polar surface area (TPSA) is 52.6 Å². The summed E-state index contributed by atoms with van der Waals surface area (Å²) in [5.74, 6) is 0.0243. The molecule has 20 heavy (non-hydrogen) atoms. The Kier molecular flexibility index (Phi) is 3.61. The molecule has 2 bridgehead atoms. The maximum absolute atomic E-state index is 12.8. The molecule has 0 aromatic heterocycles. The quantitative estimate of drug-likeness (QED) is 0.881. The number of aliphatic hydroxyl groups is 1. The van der Waals surface area contributed by atoms with Crippen molar-refractivity contribution < 1.29 is 9.90 Å². The smallest absolute Gasteiger partial charge is 0.256 e. The first-order chi connectivity index (χ1) is 9.60. The van der Waals surface area contributed by atoms with Gasteiger partial charge in [-0.2, -0.15) is 0 Å². The molecule has 1 aromatic rings. The van der Waals surface area contributed by atoms with Gasteiger partial charge in [0.15, 0.2) is 0 Å². The Morgan fingerprint density at radius 3 is 2.60 bits per heavy atom. The van der Waals surface area contributed by atoms with Crippen LogP contribution in [0.25, 0.3) is 0 Å². The van der Waals surface area contributed by atoms with Gasteiger partial charge >= 0.3 is 0 Å². The molecule has 1 amide bonds. The fourth-order valence-corrected chi connectivity index (χ4v) is 3.70. The third-order valence-corrected chi connectivity index (χ3v) is 4.66. The van der Waals surface area contributed by atoms with Crippen molar-refractivity contribution in [3.05, 3.63) is 28.8 Å². The lowest BCUT2D eigenvalue weighted by Gasteiger charge is -2.37. The number of hydrogen-bond acceptors (Lipinski definition) is 3. The lowest BCUT2D eigenvalue weighted by atomic mass is 9.98. The molecule has 2 aliphatic rings. The average molecular weight is 295 g/mol. The van der Waals surface area contributed by atoms with Gasteiger partial charge in [-0.15, -0.1) is 0 Å². The van der Waals surface area contributed by atoms with Gasteiger partial charge in [0, 0.05) is 29.8 Å². The molecular weight excluding hydrogens is 276 g/mol. The van der Waals surface area contributed by atoms with Crippen LogP contribution in [0.1, 0.15) is 36.0 Å². The van der Waals surface area contributed by atoms with Crippen molar-refractivity contribution in [1.82, 2.24) is 4.90 Å². The normalized spacial score (nSPS) is 28.6. The van der Waals surface area contributed by atoms with Crippen LogP contribution in [0.4, 0.5) is 5.69 Å². The first-order valence-corrected chi connectivity index (χ1v) is 7.46. The Balaban J connectivity index is 1.92. The molecule has 108 valence electrons. The SMILES string of the molecule is CNc1ccc(Cl)cc1C(=O)N1C2CCC1CC(O)C2. The van der Waals surface area contributed by atoms with Crippen LogP contribution < -0.4 is 5.32 Å². The number of nitrogens with zero attached hydrogens (tertiary/aromatic N) is 1. The van der Waals surface area contributed by atoms with Crippen molar-refractivity contribution in [2.45, 2.75) is 43.9 Å². The summed E-state index contributed by atoms with van der Waals surface area (Å²) < 4.78 is 0. The second kappa shape index (κ2) is 5.26. The molecule has 0 saturated carbocycles. The molecule has 2 aliphatic heterocycles. The number of nitrogens with one attached hydrogen (secondary N) is 1. The number of aliphatic hydroxyl groups excluding tert-OH is 1. The number of hydrogen-bond donors (Lipinski definition) is 2. The monoisotopic (exact) mass is 294 g/mol. The number of piperidine rings is 1. The maximum Gasteiger partial charge on any atom is 0.256 e. The number of rotatable bonds is 2. The van der Waals surface area contributed by atoms with E-state index >= 15 is 0 Å². The van der Waals surface area contributed by atoms with Gasteiger partial charge in [-0.1, -0.05) is 11.6 Å². The molecule has 1 aromatic carbocycles.